The number of benzene rings is 2. The van der Waals surface area contributed by atoms with Crippen LogP contribution in [0, 0.1) is 11.8 Å². The van der Waals surface area contributed by atoms with Crippen molar-refractivity contribution in [3.63, 3.8) is 0 Å². The van der Waals surface area contributed by atoms with Gasteiger partial charge in [-0.3, -0.25) is 4.79 Å². The summed E-state index contributed by atoms with van der Waals surface area (Å²) in [5.41, 5.74) is 3.36. The molecule has 0 amide bonds. The quantitative estimate of drug-likeness (QED) is 0.787. The summed E-state index contributed by atoms with van der Waals surface area (Å²) in [5, 5.41) is 9.05. The van der Waals surface area contributed by atoms with Gasteiger partial charge in [-0.05, 0) is 60.7 Å². The molecule has 0 saturated heterocycles. The molecule has 0 aromatic heterocycles. The van der Waals surface area contributed by atoms with E-state index in [1.54, 1.807) is 14.0 Å². The highest BCUT2D eigenvalue weighted by atomic mass is 16.5. The van der Waals surface area contributed by atoms with Crippen LogP contribution in [0.3, 0.4) is 0 Å². The zero-order valence-electron chi connectivity index (χ0n) is 15.0. The predicted octanol–water partition coefficient (Wildman–Crippen LogP) is 4.34. The second-order valence-electron chi connectivity index (χ2n) is 6.32. The van der Waals surface area contributed by atoms with E-state index in [4.69, 9.17) is 14.6 Å². The largest absolute Gasteiger partial charge is 0.497 e. The van der Waals surface area contributed by atoms with E-state index in [2.05, 4.69) is 17.9 Å². The Bertz CT molecular complexity index is 843. The lowest BCUT2D eigenvalue weighted by molar-refractivity contribution is -0.137. The normalized spacial score (nSPS) is 16.2. The fourth-order valence-corrected chi connectivity index (χ4v) is 3.34. The van der Waals surface area contributed by atoms with Gasteiger partial charge in [0.2, 0.25) is 0 Å². The Labute approximate surface area is 153 Å². The fourth-order valence-electron chi connectivity index (χ4n) is 3.34. The van der Waals surface area contributed by atoms with Gasteiger partial charge in [0.25, 0.3) is 0 Å². The van der Waals surface area contributed by atoms with Crippen molar-refractivity contribution in [3.05, 3.63) is 59.2 Å². The van der Waals surface area contributed by atoms with Gasteiger partial charge in [-0.2, -0.15) is 0 Å². The molecular formula is C22H22O4. The van der Waals surface area contributed by atoms with Crippen molar-refractivity contribution in [1.29, 1.82) is 0 Å². The number of aliphatic carboxylic acids is 1. The molecular weight excluding hydrogens is 328 g/mol. The highest BCUT2D eigenvalue weighted by Gasteiger charge is 2.24. The maximum atomic E-state index is 11.0. The smallest absolute Gasteiger partial charge is 0.304 e. The van der Waals surface area contributed by atoms with E-state index >= 15 is 0 Å². The number of ether oxygens (including phenoxy) is 2. The molecule has 26 heavy (non-hydrogen) atoms. The summed E-state index contributed by atoms with van der Waals surface area (Å²) in [6.45, 7) is 1.72. The molecule has 0 saturated carbocycles. The first-order chi connectivity index (χ1) is 12.6. The summed E-state index contributed by atoms with van der Waals surface area (Å²) in [6.07, 6.45) is 1.94. The summed E-state index contributed by atoms with van der Waals surface area (Å²) in [5.74, 6) is 6.23. The lowest BCUT2D eigenvalue weighted by Gasteiger charge is -2.16. The molecule has 0 bridgehead atoms. The zero-order valence-corrected chi connectivity index (χ0v) is 15.0. The molecule has 2 atom stereocenters. The van der Waals surface area contributed by atoms with Crippen LogP contribution in [-0.4, -0.2) is 18.2 Å². The van der Waals surface area contributed by atoms with Crippen molar-refractivity contribution in [3.8, 4) is 23.3 Å². The second-order valence-corrected chi connectivity index (χ2v) is 6.32. The third-order valence-corrected chi connectivity index (χ3v) is 4.63. The Morgan fingerprint density at radius 1 is 1.23 bits per heavy atom. The SMILES string of the molecule is CC#CC(CC(=O)O)c1ccc(OC2CCc3ccc(OC)cc32)cc1. The Balaban J connectivity index is 1.74. The molecule has 4 heteroatoms. The Hall–Kier alpha value is -2.93. The number of hydrogen-bond acceptors (Lipinski definition) is 3. The molecule has 1 N–H and O–H groups in total. The summed E-state index contributed by atoms with van der Waals surface area (Å²) in [4.78, 5) is 11.0. The van der Waals surface area contributed by atoms with E-state index in [1.807, 2.05) is 36.4 Å². The summed E-state index contributed by atoms with van der Waals surface area (Å²) >= 11 is 0. The lowest BCUT2D eigenvalue weighted by Crippen LogP contribution is -2.06. The Kier molecular flexibility index (Phi) is 5.48. The number of carboxylic acids is 1. The van der Waals surface area contributed by atoms with Crippen LogP contribution >= 0.6 is 0 Å². The van der Waals surface area contributed by atoms with Crippen LogP contribution < -0.4 is 9.47 Å². The van der Waals surface area contributed by atoms with Gasteiger partial charge in [-0.25, -0.2) is 0 Å². The minimum absolute atomic E-state index is 0.00314. The van der Waals surface area contributed by atoms with Crippen molar-refractivity contribution in [1.82, 2.24) is 0 Å². The van der Waals surface area contributed by atoms with Gasteiger partial charge in [0.15, 0.2) is 0 Å². The molecule has 1 aliphatic rings. The standard InChI is InChI=1S/C22H22O4/c1-3-4-17(13-22(23)24)15-5-9-18(10-6-15)26-21-12-8-16-7-11-19(25-2)14-20(16)21/h5-7,9-11,14,17,21H,8,12-13H2,1-2H3,(H,23,24). The van der Waals surface area contributed by atoms with Crippen LogP contribution in [0.2, 0.25) is 0 Å². The van der Waals surface area contributed by atoms with Crippen LogP contribution in [0.4, 0.5) is 0 Å². The first-order valence-corrected chi connectivity index (χ1v) is 8.68. The van der Waals surface area contributed by atoms with Crippen molar-refractivity contribution in [2.45, 2.75) is 38.2 Å². The van der Waals surface area contributed by atoms with E-state index in [9.17, 15) is 4.79 Å². The molecule has 0 heterocycles. The van der Waals surface area contributed by atoms with Crippen LogP contribution in [0.25, 0.3) is 0 Å². The molecule has 0 spiro atoms. The maximum absolute atomic E-state index is 11.0. The van der Waals surface area contributed by atoms with E-state index in [0.717, 1.165) is 29.9 Å². The van der Waals surface area contributed by atoms with E-state index in [0.29, 0.717) is 0 Å². The summed E-state index contributed by atoms with van der Waals surface area (Å²) in [6, 6.07) is 13.7. The summed E-state index contributed by atoms with van der Waals surface area (Å²) in [7, 11) is 1.66. The van der Waals surface area contributed by atoms with Crippen molar-refractivity contribution in [2.75, 3.05) is 7.11 Å². The molecule has 134 valence electrons. The molecule has 2 unspecified atom stereocenters. The van der Waals surface area contributed by atoms with Gasteiger partial charge in [-0.1, -0.05) is 24.1 Å². The van der Waals surface area contributed by atoms with Crippen molar-refractivity contribution < 1.29 is 19.4 Å². The topological polar surface area (TPSA) is 55.8 Å². The predicted molar refractivity (Wildman–Crippen MR) is 99.6 cm³/mol. The number of aryl methyl sites for hydroxylation is 1. The van der Waals surface area contributed by atoms with Gasteiger partial charge >= 0.3 is 5.97 Å². The fraction of sp³-hybridized carbons (Fsp3) is 0.318. The zero-order chi connectivity index (χ0) is 18.5. The minimum Gasteiger partial charge on any atom is -0.497 e. The average molecular weight is 350 g/mol. The van der Waals surface area contributed by atoms with Crippen molar-refractivity contribution >= 4 is 5.97 Å². The van der Waals surface area contributed by atoms with Crippen molar-refractivity contribution in [2.24, 2.45) is 0 Å². The molecule has 0 radical (unpaired) electrons. The van der Waals surface area contributed by atoms with E-state index < -0.39 is 5.97 Å². The van der Waals surface area contributed by atoms with Crippen LogP contribution in [0.1, 0.15) is 48.5 Å². The molecule has 3 rings (SSSR count). The molecule has 0 aliphatic heterocycles. The molecule has 4 nitrogen and oxygen atoms in total. The average Bonchev–Trinajstić information content (AvgIpc) is 3.03. The maximum Gasteiger partial charge on any atom is 0.304 e. The third kappa shape index (κ3) is 4.00. The van der Waals surface area contributed by atoms with E-state index in [1.165, 1.54) is 11.1 Å². The van der Waals surface area contributed by atoms with Crippen LogP contribution in [0.15, 0.2) is 42.5 Å². The monoisotopic (exact) mass is 350 g/mol. The molecule has 0 fully saturated rings. The number of carbonyl (C=O) groups is 1. The van der Waals surface area contributed by atoms with Gasteiger partial charge in [0.05, 0.1) is 19.4 Å². The minimum atomic E-state index is -0.852. The second kappa shape index (κ2) is 7.97. The number of methoxy groups -OCH3 is 1. The van der Waals surface area contributed by atoms with E-state index in [-0.39, 0.29) is 18.4 Å². The highest BCUT2D eigenvalue weighted by Crippen LogP contribution is 2.37. The highest BCUT2D eigenvalue weighted by molar-refractivity contribution is 5.69. The molecule has 2 aromatic rings. The molecule has 2 aromatic carbocycles. The first kappa shape index (κ1) is 17.9. The number of carboxylic acid groups (broad SMARTS) is 1. The number of rotatable bonds is 6. The molecule has 1 aliphatic carbocycles. The van der Waals surface area contributed by atoms with Crippen LogP contribution in [-0.2, 0) is 11.2 Å². The van der Waals surface area contributed by atoms with Gasteiger partial charge in [0.1, 0.15) is 17.6 Å². The van der Waals surface area contributed by atoms with Gasteiger partial charge in [-0.15, -0.1) is 5.92 Å². The number of fused-ring (bicyclic) bond motifs is 1. The number of hydrogen-bond donors (Lipinski definition) is 1. The third-order valence-electron chi connectivity index (χ3n) is 4.63. The van der Waals surface area contributed by atoms with Crippen LogP contribution in [0.5, 0.6) is 11.5 Å². The summed E-state index contributed by atoms with van der Waals surface area (Å²) < 4.78 is 11.5. The first-order valence-electron chi connectivity index (χ1n) is 8.68. The van der Waals surface area contributed by atoms with Gasteiger partial charge in [0, 0.05) is 0 Å². The lowest BCUT2D eigenvalue weighted by atomic mass is 9.96. The Morgan fingerprint density at radius 3 is 2.62 bits per heavy atom. The van der Waals surface area contributed by atoms with Gasteiger partial charge < -0.3 is 14.6 Å². The Morgan fingerprint density at radius 2 is 1.96 bits per heavy atom.